The molecule has 0 aliphatic rings. The van der Waals surface area contributed by atoms with Gasteiger partial charge in [0.2, 0.25) is 0 Å². The summed E-state index contributed by atoms with van der Waals surface area (Å²) in [6.45, 7) is 2.58. The molecule has 21 heavy (non-hydrogen) atoms. The van der Waals surface area contributed by atoms with E-state index >= 15 is 0 Å². The van der Waals surface area contributed by atoms with Gasteiger partial charge in [-0.3, -0.25) is 5.43 Å². The molecule has 0 aliphatic carbocycles. The molecular weight excluding hydrogens is 268 g/mol. The number of ether oxygens (including phenoxy) is 1. The second-order valence-electron chi connectivity index (χ2n) is 4.25. The molecule has 0 aliphatic heterocycles. The highest BCUT2D eigenvalue weighted by Crippen LogP contribution is 2.12. The molecule has 2 aromatic carbocycles. The van der Waals surface area contributed by atoms with Crippen molar-refractivity contribution in [2.75, 3.05) is 12.0 Å². The number of carboxylic acid groups (broad SMARTS) is 1. The van der Waals surface area contributed by atoms with E-state index in [0.717, 1.165) is 17.0 Å². The fraction of sp³-hybridized carbons (Fsp3) is 0.125. The molecule has 2 rings (SSSR count). The van der Waals surface area contributed by atoms with Crippen LogP contribution in [0.4, 0.5) is 5.69 Å². The summed E-state index contributed by atoms with van der Waals surface area (Å²) in [6, 6.07) is 14.0. The molecule has 0 spiro atoms. The molecule has 0 radical (unpaired) electrons. The zero-order valence-corrected chi connectivity index (χ0v) is 11.6. The van der Waals surface area contributed by atoms with Crippen LogP contribution in [0.3, 0.4) is 0 Å². The van der Waals surface area contributed by atoms with Crippen LogP contribution in [0.5, 0.6) is 5.75 Å². The zero-order chi connectivity index (χ0) is 15.1. The minimum absolute atomic E-state index is 0.246. The lowest BCUT2D eigenvalue weighted by molar-refractivity contribution is 0.0697. The molecule has 2 N–H and O–H groups in total. The average Bonchev–Trinajstić information content (AvgIpc) is 2.50. The Morgan fingerprint density at radius 1 is 1.19 bits per heavy atom. The van der Waals surface area contributed by atoms with Gasteiger partial charge in [0.25, 0.3) is 0 Å². The quantitative estimate of drug-likeness (QED) is 0.631. The normalized spacial score (nSPS) is 10.5. The molecule has 0 fully saturated rings. The summed E-state index contributed by atoms with van der Waals surface area (Å²) in [7, 11) is 0. The number of hydrogen-bond acceptors (Lipinski definition) is 4. The Kier molecular flexibility index (Phi) is 4.93. The van der Waals surface area contributed by atoms with Crippen LogP contribution >= 0.6 is 0 Å². The zero-order valence-electron chi connectivity index (χ0n) is 11.6. The van der Waals surface area contributed by atoms with Crippen molar-refractivity contribution in [3.05, 3.63) is 59.7 Å². The third kappa shape index (κ3) is 4.35. The predicted octanol–water partition coefficient (Wildman–Crippen LogP) is 3.23. The van der Waals surface area contributed by atoms with Crippen LogP contribution in [0.2, 0.25) is 0 Å². The lowest BCUT2D eigenvalue weighted by atomic mass is 10.2. The summed E-state index contributed by atoms with van der Waals surface area (Å²) >= 11 is 0. The summed E-state index contributed by atoms with van der Waals surface area (Å²) in [5.41, 5.74) is 4.75. The van der Waals surface area contributed by atoms with Crippen LogP contribution in [0.25, 0.3) is 0 Å². The van der Waals surface area contributed by atoms with Crippen molar-refractivity contribution in [2.24, 2.45) is 5.10 Å². The van der Waals surface area contributed by atoms with Crippen LogP contribution in [0.1, 0.15) is 22.8 Å². The van der Waals surface area contributed by atoms with E-state index in [9.17, 15) is 4.79 Å². The predicted molar refractivity (Wildman–Crippen MR) is 82.2 cm³/mol. The first-order valence-corrected chi connectivity index (χ1v) is 6.54. The molecule has 0 amide bonds. The van der Waals surface area contributed by atoms with Gasteiger partial charge in [-0.25, -0.2) is 4.79 Å². The first kappa shape index (κ1) is 14.6. The van der Waals surface area contributed by atoms with Crippen molar-refractivity contribution in [2.45, 2.75) is 6.92 Å². The number of rotatable bonds is 6. The molecule has 0 unspecified atom stereocenters. The van der Waals surface area contributed by atoms with E-state index in [0.29, 0.717) is 6.61 Å². The van der Waals surface area contributed by atoms with E-state index in [2.05, 4.69) is 10.5 Å². The number of carboxylic acids is 1. The third-order valence-electron chi connectivity index (χ3n) is 2.73. The number of nitrogens with one attached hydrogen (secondary N) is 1. The second-order valence-corrected chi connectivity index (χ2v) is 4.25. The molecule has 5 nitrogen and oxygen atoms in total. The molecule has 0 aromatic heterocycles. The van der Waals surface area contributed by atoms with Gasteiger partial charge in [0, 0.05) is 0 Å². The fourth-order valence-electron chi connectivity index (χ4n) is 1.69. The van der Waals surface area contributed by atoms with Gasteiger partial charge >= 0.3 is 5.97 Å². The van der Waals surface area contributed by atoms with Gasteiger partial charge in [-0.05, 0) is 61.0 Å². The number of aromatic carboxylic acids is 1. The number of nitrogens with zero attached hydrogens (tertiary/aromatic N) is 1. The average molecular weight is 284 g/mol. The van der Waals surface area contributed by atoms with E-state index in [1.807, 2.05) is 31.2 Å². The maximum Gasteiger partial charge on any atom is 0.335 e. The van der Waals surface area contributed by atoms with Crippen LogP contribution in [0.15, 0.2) is 53.6 Å². The van der Waals surface area contributed by atoms with Gasteiger partial charge in [0.1, 0.15) is 5.75 Å². The van der Waals surface area contributed by atoms with Crippen LogP contribution in [-0.2, 0) is 0 Å². The lowest BCUT2D eigenvalue weighted by Crippen LogP contribution is -1.96. The standard InChI is InChI=1S/C16H16N2O3/c1-2-21-15-9-3-12(4-10-15)11-17-18-14-7-5-13(6-8-14)16(19)20/h3-11,18H,2H2,1H3,(H,19,20). The van der Waals surface area contributed by atoms with Gasteiger partial charge in [0.05, 0.1) is 24.1 Å². The molecule has 2 aromatic rings. The minimum Gasteiger partial charge on any atom is -0.494 e. The Bertz CT molecular complexity index is 619. The highest BCUT2D eigenvalue weighted by Gasteiger charge is 2.00. The van der Waals surface area contributed by atoms with Crippen molar-refractivity contribution >= 4 is 17.9 Å². The Morgan fingerprint density at radius 3 is 2.43 bits per heavy atom. The van der Waals surface area contributed by atoms with Gasteiger partial charge in [0.15, 0.2) is 0 Å². The first-order valence-electron chi connectivity index (χ1n) is 6.54. The maximum absolute atomic E-state index is 10.7. The maximum atomic E-state index is 10.7. The molecule has 0 atom stereocenters. The third-order valence-corrected chi connectivity index (χ3v) is 2.73. The number of hydrazone groups is 1. The first-order chi connectivity index (χ1) is 10.2. The Balaban J connectivity index is 1.93. The Morgan fingerprint density at radius 2 is 1.86 bits per heavy atom. The molecule has 0 bridgehead atoms. The number of hydrogen-bond donors (Lipinski definition) is 2. The van der Waals surface area contributed by atoms with Crippen molar-refractivity contribution in [3.63, 3.8) is 0 Å². The summed E-state index contributed by atoms with van der Waals surface area (Å²) in [5.74, 6) is -0.119. The molecule has 5 heteroatoms. The van der Waals surface area contributed by atoms with E-state index in [1.165, 1.54) is 12.1 Å². The summed E-state index contributed by atoms with van der Waals surface area (Å²) in [5, 5.41) is 12.9. The topological polar surface area (TPSA) is 70.9 Å². The lowest BCUT2D eigenvalue weighted by Gasteiger charge is -2.03. The van der Waals surface area contributed by atoms with Gasteiger partial charge in [-0.15, -0.1) is 0 Å². The van der Waals surface area contributed by atoms with E-state index < -0.39 is 5.97 Å². The van der Waals surface area contributed by atoms with Crippen LogP contribution < -0.4 is 10.2 Å². The van der Waals surface area contributed by atoms with E-state index in [1.54, 1.807) is 18.3 Å². The van der Waals surface area contributed by atoms with Crippen molar-refractivity contribution < 1.29 is 14.6 Å². The van der Waals surface area contributed by atoms with Gasteiger partial charge in [-0.2, -0.15) is 5.10 Å². The number of carbonyl (C=O) groups is 1. The smallest absolute Gasteiger partial charge is 0.335 e. The minimum atomic E-state index is -0.945. The van der Waals surface area contributed by atoms with Crippen LogP contribution in [-0.4, -0.2) is 23.9 Å². The SMILES string of the molecule is CCOc1ccc(C=NNc2ccc(C(=O)O)cc2)cc1. The molecule has 0 heterocycles. The Labute approximate surface area is 122 Å². The molecule has 0 saturated carbocycles. The summed E-state index contributed by atoms with van der Waals surface area (Å²) in [4.78, 5) is 10.7. The highest BCUT2D eigenvalue weighted by atomic mass is 16.5. The molecule has 108 valence electrons. The monoisotopic (exact) mass is 284 g/mol. The van der Waals surface area contributed by atoms with E-state index in [4.69, 9.17) is 9.84 Å². The number of anilines is 1. The molecular formula is C16H16N2O3. The summed E-state index contributed by atoms with van der Waals surface area (Å²) < 4.78 is 5.36. The molecule has 0 saturated heterocycles. The summed E-state index contributed by atoms with van der Waals surface area (Å²) in [6.07, 6.45) is 1.68. The van der Waals surface area contributed by atoms with Crippen molar-refractivity contribution in [3.8, 4) is 5.75 Å². The van der Waals surface area contributed by atoms with Crippen LogP contribution in [0, 0.1) is 0 Å². The largest absolute Gasteiger partial charge is 0.494 e. The van der Waals surface area contributed by atoms with Crippen molar-refractivity contribution in [1.82, 2.24) is 0 Å². The van der Waals surface area contributed by atoms with Gasteiger partial charge in [-0.1, -0.05) is 0 Å². The second kappa shape index (κ2) is 7.09. The highest BCUT2D eigenvalue weighted by molar-refractivity contribution is 5.88. The van der Waals surface area contributed by atoms with Gasteiger partial charge < -0.3 is 9.84 Å². The van der Waals surface area contributed by atoms with Crippen molar-refractivity contribution in [1.29, 1.82) is 0 Å². The Hall–Kier alpha value is -2.82. The fourth-order valence-corrected chi connectivity index (χ4v) is 1.69. The van der Waals surface area contributed by atoms with E-state index in [-0.39, 0.29) is 5.56 Å². The number of benzene rings is 2.